The molecule has 94 valence electrons. The van der Waals surface area contributed by atoms with Crippen LogP contribution in [0.4, 0.5) is 0 Å². The molecule has 1 N–H and O–H groups in total. The molecular weight excluding hydrogens is 220 g/mol. The van der Waals surface area contributed by atoms with Gasteiger partial charge in [-0.25, -0.2) is 0 Å². The molecule has 0 aliphatic carbocycles. The highest BCUT2D eigenvalue weighted by atomic mass is 15.0. The maximum absolute atomic E-state index is 4.16. The van der Waals surface area contributed by atoms with Crippen molar-refractivity contribution in [3.8, 4) is 0 Å². The van der Waals surface area contributed by atoms with Gasteiger partial charge < -0.3 is 5.32 Å². The van der Waals surface area contributed by atoms with E-state index in [0.717, 1.165) is 17.9 Å². The van der Waals surface area contributed by atoms with E-state index in [2.05, 4.69) is 48.6 Å². The van der Waals surface area contributed by atoms with Gasteiger partial charge in [0.2, 0.25) is 0 Å². The van der Waals surface area contributed by atoms with Crippen LogP contribution < -0.4 is 5.32 Å². The van der Waals surface area contributed by atoms with Crippen molar-refractivity contribution < 1.29 is 0 Å². The lowest BCUT2D eigenvalue weighted by Gasteiger charge is -2.09. The highest BCUT2D eigenvalue weighted by Gasteiger charge is 1.99. The molecule has 0 bridgehead atoms. The van der Waals surface area contributed by atoms with Crippen LogP contribution in [0.5, 0.6) is 0 Å². The van der Waals surface area contributed by atoms with Gasteiger partial charge in [-0.15, -0.1) is 0 Å². The first-order valence-corrected chi connectivity index (χ1v) is 5.93. The second-order valence-electron chi connectivity index (χ2n) is 3.95. The fourth-order valence-corrected chi connectivity index (χ4v) is 1.60. The van der Waals surface area contributed by atoms with E-state index in [9.17, 15) is 0 Å². The van der Waals surface area contributed by atoms with Crippen molar-refractivity contribution in [2.24, 2.45) is 4.99 Å². The van der Waals surface area contributed by atoms with Crippen molar-refractivity contribution in [3.05, 3.63) is 66.3 Å². The average Bonchev–Trinajstić information content (AvgIpc) is 2.40. The predicted octanol–water partition coefficient (Wildman–Crippen LogP) is 3.50. The maximum atomic E-state index is 4.16. The number of rotatable bonds is 5. The first-order valence-electron chi connectivity index (χ1n) is 5.93. The normalized spacial score (nSPS) is 11.6. The van der Waals surface area contributed by atoms with Crippen LogP contribution >= 0.6 is 0 Å². The Bertz CT molecular complexity index is 482. The lowest BCUT2D eigenvalue weighted by molar-refractivity contribution is 0.905. The van der Waals surface area contributed by atoms with E-state index >= 15 is 0 Å². The summed E-state index contributed by atoms with van der Waals surface area (Å²) in [5.41, 5.74) is 3.66. The van der Waals surface area contributed by atoms with Crippen molar-refractivity contribution in [2.75, 3.05) is 7.05 Å². The molecule has 0 spiro atoms. The van der Waals surface area contributed by atoms with Gasteiger partial charge in [-0.3, -0.25) is 4.99 Å². The van der Waals surface area contributed by atoms with Crippen molar-refractivity contribution in [1.29, 1.82) is 0 Å². The second kappa shape index (κ2) is 7.28. The van der Waals surface area contributed by atoms with Crippen LogP contribution in [-0.2, 0) is 6.54 Å². The standard InChI is InChI=1S/C16H20N2/c1-5-7-8-16(17-4)18-12-15-10-9-14(6-2)11-13(15)3/h5-11H,1-2,12H2,3-4H3,(H,17,18)/b8-7-. The molecule has 1 aromatic rings. The molecule has 0 aromatic heterocycles. The quantitative estimate of drug-likeness (QED) is 0.475. The van der Waals surface area contributed by atoms with Gasteiger partial charge in [0.1, 0.15) is 5.84 Å². The second-order valence-corrected chi connectivity index (χ2v) is 3.95. The number of aryl methyl sites for hydroxylation is 1. The zero-order valence-corrected chi connectivity index (χ0v) is 11.1. The molecule has 0 radical (unpaired) electrons. The third kappa shape index (κ3) is 4.06. The molecule has 0 atom stereocenters. The summed E-state index contributed by atoms with van der Waals surface area (Å²) in [4.78, 5) is 4.16. The molecule has 0 saturated carbocycles. The van der Waals surface area contributed by atoms with Crippen molar-refractivity contribution in [2.45, 2.75) is 13.5 Å². The number of benzene rings is 1. The van der Waals surface area contributed by atoms with Crippen LogP contribution in [0, 0.1) is 6.92 Å². The van der Waals surface area contributed by atoms with Crippen molar-refractivity contribution in [1.82, 2.24) is 5.32 Å². The SMILES string of the molecule is C=C/C=C\C(=NC)NCc1ccc(C=C)cc1C. The van der Waals surface area contributed by atoms with Crippen molar-refractivity contribution >= 4 is 11.9 Å². The highest BCUT2D eigenvalue weighted by Crippen LogP contribution is 2.11. The molecule has 2 nitrogen and oxygen atoms in total. The summed E-state index contributed by atoms with van der Waals surface area (Å²) in [6.07, 6.45) is 7.36. The van der Waals surface area contributed by atoms with Crippen LogP contribution in [0.2, 0.25) is 0 Å². The first kappa shape index (κ1) is 14.0. The van der Waals surface area contributed by atoms with E-state index < -0.39 is 0 Å². The summed E-state index contributed by atoms with van der Waals surface area (Å²) in [5.74, 6) is 0.849. The average molecular weight is 240 g/mol. The fraction of sp³-hybridized carbons (Fsp3) is 0.188. The monoisotopic (exact) mass is 240 g/mol. The minimum absolute atomic E-state index is 0.761. The Labute approximate surface area is 109 Å². The Morgan fingerprint density at radius 1 is 1.39 bits per heavy atom. The van der Waals surface area contributed by atoms with Crippen LogP contribution in [0.15, 0.2) is 54.6 Å². The van der Waals surface area contributed by atoms with E-state index in [1.54, 1.807) is 13.1 Å². The minimum Gasteiger partial charge on any atom is -0.366 e. The van der Waals surface area contributed by atoms with E-state index in [1.165, 1.54) is 11.1 Å². The lowest BCUT2D eigenvalue weighted by Crippen LogP contribution is -2.21. The zero-order valence-electron chi connectivity index (χ0n) is 11.1. The summed E-state index contributed by atoms with van der Waals surface area (Å²) in [6.45, 7) is 10.3. The summed E-state index contributed by atoms with van der Waals surface area (Å²) < 4.78 is 0. The van der Waals surface area contributed by atoms with Crippen LogP contribution in [0.3, 0.4) is 0 Å². The molecule has 0 aliphatic heterocycles. The topological polar surface area (TPSA) is 24.4 Å². The van der Waals surface area contributed by atoms with E-state index in [1.807, 2.05) is 18.2 Å². The Kier molecular flexibility index (Phi) is 5.65. The molecular formula is C16H20N2. The Balaban J connectivity index is 2.71. The predicted molar refractivity (Wildman–Crippen MR) is 80.8 cm³/mol. The van der Waals surface area contributed by atoms with Crippen LogP contribution in [0.1, 0.15) is 16.7 Å². The van der Waals surface area contributed by atoms with Crippen LogP contribution in [-0.4, -0.2) is 12.9 Å². The summed E-state index contributed by atoms with van der Waals surface area (Å²) in [7, 11) is 1.77. The molecule has 0 saturated heterocycles. The number of aliphatic imine (C=N–C) groups is 1. The summed E-state index contributed by atoms with van der Waals surface area (Å²) in [5, 5.41) is 3.29. The van der Waals surface area contributed by atoms with Gasteiger partial charge in [-0.05, 0) is 29.7 Å². The molecule has 0 unspecified atom stereocenters. The van der Waals surface area contributed by atoms with E-state index in [4.69, 9.17) is 0 Å². The van der Waals surface area contributed by atoms with Gasteiger partial charge >= 0.3 is 0 Å². The van der Waals surface area contributed by atoms with Crippen LogP contribution in [0.25, 0.3) is 6.08 Å². The van der Waals surface area contributed by atoms with Gasteiger partial charge in [-0.2, -0.15) is 0 Å². The number of allylic oxidation sites excluding steroid dienone is 2. The number of nitrogens with zero attached hydrogens (tertiary/aromatic N) is 1. The Morgan fingerprint density at radius 2 is 2.17 bits per heavy atom. The molecule has 0 fully saturated rings. The third-order valence-corrected chi connectivity index (χ3v) is 2.69. The first-order chi connectivity index (χ1) is 8.71. The molecule has 2 heteroatoms. The largest absolute Gasteiger partial charge is 0.366 e. The molecule has 0 heterocycles. The summed E-state index contributed by atoms with van der Waals surface area (Å²) in [6, 6.07) is 6.32. The number of amidine groups is 1. The fourth-order valence-electron chi connectivity index (χ4n) is 1.60. The van der Waals surface area contributed by atoms with Gasteiger partial charge in [0.15, 0.2) is 0 Å². The minimum atomic E-state index is 0.761. The zero-order chi connectivity index (χ0) is 13.4. The van der Waals surface area contributed by atoms with Gasteiger partial charge in [0.05, 0.1) is 0 Å². The van der Waals surface area contributed by atoms with Gasteiger partial charge in [0.25, 0.3) is 0 Å². The van der Waals surface area contributed by atoms with Gasteiger partial charge in [-0.1, -0.05) is 49.6 Å². The number of hydrogen-bond donors (Lipinski definition) is 1. The van der Waals surface area contributed by atoms with E-state index in [0.29, 0.717) is 0 Å². The van der Waals surface area contributed by atoms with Gasteiger partial charge in [0, 0.05) is 13.6 Å². The third-order valence-electron chi connectivity index (χ3n) is 2.69. The van der Waals surface area contributed by atoms with E-state index in [-0.39, 0.29) is 0 Å². The Morgan fingerprint density at radius 3 is 2.72 bits per heavy atom. The summed E-state index contributed by atoms with van der Waals surface area (Å²) >= 11 is 0. The molecule has 1 rings (SSSR count). The Hall–Kier alpha value is -2.09. The number of nitrogens with one attached hydrogen (secondary N) is 1. The maximum Gasteiger partial charge on any atom is 0.120 e. The van der Waals surface area contributed by atoms with Crippen molar-refractivity contribution in [3.63, 3.8) is 0 Å². The molecule has 18 heavy (non-hydrogen) atoms. The molecule has 1 aromatic carbocycles. The highest BCUT2D eigenvalue weighted by molar-refractivity contribution is 5.92. The lowest BCUT2D eigenvalue weighted by atomic mass is 10.1. The molecule has 0 amide bonds. The molecule has 0 aliphatic rings. The number of hydrogen-bond acceptors (Lipinski definition) is 1. The smallest absolute Gasteiger partial charge is 0.120 e.